The van der Waals surface area contributed by atoms with Crippen LogP contribution in [0.2, 0.25) is 0 Å². The van der Waals surface area contributed by atoms with E-state index in [0.29, 0.717) is 65.4 Å². The summed E-state index contributed by atoms with van der Waals surface area (Å²) in [5.41, 5.74) is 8.65. The largest absolute Gasteiger partial charge is 0.392 e. The van der Waals surface area contributed by atoms with E-state index in [1.807, 2.05) is 42.2 Å². The molecule has 17 heteroatoms. The van der Waals surface area contributed by atoms with Gasteiger partial charge in [0.2, 0.25) is 5.91 Å². The molecule has 6 aliphatic rings. The third-order valence-corrected chi connectivity index (χ3v) is 16.8. The number of nitrogens with zero attached hydrogens (tertiary/aromatic N) is 9. The fourth-order valence-electron chi connectivity index (χ4n) is 12.8. The molecule has 11 rings (SSSR count). The average Bonchev–Trinajstić information content (AvgIpc) is 4.01. The van der Waals surface area contributed by atoms with Crippen LogP contribution in [0.25, 0.3) is 11.3 Å². The van der Waals surface area contributed by atoms with Gasteiger partial charge in [-0.1, -0.05) is 20.4 Å². The molecule has 0 radical (unpaired) electrons. The molecule has 5 aromatic rings. The van der Waals surface area contributed by atoms with Crippen molar-refractivity contribution in [3.8, 4) is 11.3 Å². The minimum atomic E-state index is -0.634. The number of piperidine rings is 1. The van der Waals surface area contributed by atoms with Crippen LogP contribution in [0.1, 0.15) is 109 Å². The van der Waals surface area contributed by atoms with Crippen molar-refractivity contribution in [1.82, 2.24) is 28.9 Å². The molecule has 3 fully saturated rings. The first-order valence-corrected chi connectivity index (χ1v) is 26.4. The lowest BCUT2D eigenvalue weighted by molar-refractivity contribution is -0.111. The van der Waals surface area contributed by atoms with E-state index in [1.165, 1.54) is 27.6 Å². The molecule has 0 bridgehead atoms. The highest BCUT2D eigenvalue weighted by molar-refractivity contribution is 6.06. The molecular weight excluding hydrogens is 935 g/mol. The Bertz CT molecular complexity index is 3120. The lowest BCUT2D eigenvalue weighted by Crippen LogP contribution is -2.57. The number of anilines is 6. The first-order valence-electron chi connectivity index (χ1n) is 26.4. The Morgan fingerprint density at radius 3 is 2.39 bits per heavy atom. The zero-order valence-electron chi connectivity index (χ0n) is 43.4. The van der Waals surface area contributed by atoms with Gasteiger partial charge in [0.1, 0.15) is 11.5 Å². The molecule has 0 spiro atoms. The van der Waals surface area contributed by atoms with Crippen LogP contribution in [-0.4, -0.2) is 120 Å². The zero-order valence-corrected chi connectivity index (χ0v) is 43.4. The number of pyridine rings is 1. The Morgan fingerprint density at radius 1 is 0.865 bits per heavy atom. The molecule has 1 atom stereocenters. The molecule has 17 nitrogen and oxygen atoms in total. The SMILES string of the molecule is C=CC(=O)Nc1cc(Nc2nc(-c3ccnc(N4CCn5c(cc6c5CC(C)(C)C6)C4=O)c3CO)cn(C)c2=O)ccc1N1CCN(C2CCN(c3ccc4c(c3)CN(C3CCC(C)(O)CC3)C4=O)CC2)C[C@@H]1C. The van der Waals surface area contributed by atoms with Gasteiger partial charge < -0.3 is 44.7 Å². The quantitative estimate of drug-likeness (QED) is 0.104. The van der Waals surface area contributed by atoms with Crippen LogP contribution in [0.3, 0.4) is 0 Å². The molecule has 3 aromatic heterocycles. The maximum absolute atomic E-state index is 14.1. The highest BCUT2D eigenvalue weighted by Crippen LogP contribution is 2.41. The smallest absolute Gasteiger partial charge is 0.293 e. The maximum atomic E-state index is 14.1. The molecular formula is C57H69N11O6. The number of benzene rings is 2. The molecule has 2 aromatic carbocycles. The predicted octanol–water partition coefficient (Wildman–Crippen LogP) is 6.62. The van der Waals surface area contributed by atoms with E-state index in [9.17, 15) is 29.4 Å². The van der Waals surface area contributed by atoms with Gasteiger partial charge in [0.15, 0.2) is 5.82 Å². The molecule has 3 amide bonds. The Balaban J connectivity index is 0.760. The van der Waals surface area contributed by atoms with E-state index < -0.39 is 12.2 Å². The highest BCUT2D eigenvalue weighted by Gasteiger charge is 2.40. The van der Waals surface area contributed by atoms with Gasteiger partial charge in [0.25, 0.3) is 17.4 Å². The van der Waals surface area contributed by atoms with Gasteiger partial charge in [-0.05, 0) is 136 Å². The number of rotatable bonds is 11. The minimum absolute atomic E-state index is 0.0442. The number of aliphatic hydroxyl groups excluding tert-OH is 1. The lowest BCUT2D eigenvalue weighted by atomic mass is 9.83. The van der Waals surface area contributed by atoms with Gasteiger partial charge in [-0.2, -0.15) is 0 Å². The third-order valence-electron chi connectivity index (χ3n) is 16.8. The zero-order chi connectivity index (χ0) is 51.8. The molecule has 4 aliphatic heterocycles. The van der Waals surface area contributed by atoms with Crippen LogP contribution in [0.5, 0.6) is 0 Å². The van der Waals surface area contributed by atoms with E-state index >= 15 is 0 Å². The van der Waals surface area contributed by atoms with Crippen LogP contribution in [-0.2, 0) is 44.4 Å². The van der Waals surface area contributed by atoms with Crippen molar-refractivity contribution in [2.45, 2.75) is 122 Å². The third kappa shape index (κ3) is 9.16. The molecule has 388 valence electrons. The van der Waals surface area contributed by atoms with Crippen molar-refractivity contribution in [2.24, 2.45) is 12.5 Å². The first kappa shape index (κ1) is 49.4. The van der Waals surface area contributed by atoms with Crippen LogP contribution >= 0.6 is 0 Å². The topological polar surface area (TPSA) is 185 Å². The van der Waals surface area contributed by atoms with Crippen LogP contribution in [0, 0.1) is 5.41 Å². The van der Waals surface area contributed by atoms with Gasteiger partial charge in [-0.3, -0.25) is 29.0 Å². The van der Waals surface area contributed by atoms with Gasteiger partial charge in [-0.15, -0.1) is 0 Å². The lowest BCUT2D eigenvalue weighted by Gasteiger charge is -2.47. The second-order valence-electron chi connectivity index (χ2n) is 22.6. The molecule has 2 saturated heterocycles. The number of hydrogen-bond acceptors (Lipinski definition) is 12. The summed E-state index contributed by atoms with van der Waals surface area (Å²) in [6.07, 6.45) is 11.5. The first-order chi connectivity index (χ1) is 35.5. The predicted molar refractivity (Wildman–Crippen MR) is 287 cm³/mol. The Kier molecular flexibility index (Phi) is 12.8. The summed E-state index contributed by atoms with van der Waals surface area (Å²) in [4.78, 5) is 74.7. The summed E-state index contributed by atoms with van der Waals surface area (Å²) < 4.78 is 3.58. The summed E-state index contributed by atoms with van der Waals surface area (Å²) >= 11 is 0. The number of aryl methyl sites for hydroxylation is 1. The summed E-state index contributed by atoms with van der Waals surface area (Å²) in [5, 5.41) is 27.6. The van der Waals surface area contributed by atoms with Crippen molar-refractivity contribution < 1.29 is 24.6 Å². The number of carbonyl (C=O) groups excluding carboxylic acids is 3. The minimum Gasteiger partial charge on any atom is -0.392 e. The highest BCUT2D eigenvalue weighted by atomic mass is 16.3. The van der Waals surface area contributed by atoms with Crippen LogP contribution < -0.4 is 30.9 Å². The van der Waals surface area contributed by atoms with Gasteiger partial charge in [-0.25, -0.2) is 9.97 Å². The number of fused-ring (bicyclic) bond motifs is 4. The Hall–Kier alpha value is -6.82. The Labute approximate surface area is 432 Å². The molecule has 74 heavy (non-hydrogen) atoms. The van der Waals surface area contributed by atoms with Crippen molar-refractivity contribution >= 4 is 52.1 Å². The average molecular weight is 1000 g/mol. The second-order valence-corrected chi connectivity index (χ2v) is 22.6. The monoisotopic (exact) mass is 1000 g/mol. The standard InChI is InChI=1S/C57H69N11O6/c1-7-50(70)60-45-28-38(59-51-55(73)62(6)33-46(61-51)43-14-19-58-52(44(43)34-69)67-25-24-66-48(54(67)72)27-36-29-56(3,4)30-49(36)66)8-11-47(45)65-23-22-64(31-35(65)2)39-15-20-63(21-16-39)41-9-10-42-37(26-41)32-68(53(42)71)40-12-17-57(5,74)18-13-40/h7-11,14,19,26-28,33,35,39-40,69,74H,1,12-13,15-18,20-25,29-32,34H2,2-6H3,(H,59,61)(H,60,70)/t35-,40?,57?/m0/s1. The van der Waals surface area contributed by atoms with E-state index in [0.717, 1.165) is 101 Å². The number of amides is 3. The fraction of sp³-hybridized carbons (Fsp3) is 0.474. The van der Waals surface area contributed by atoms with Crippen molar-refractivity contribution in [1.29, 1.82) is 0 Å². The molecule has 0 unspecified atom stereocenters. The summed E-state index contributed by atoms with van der Waals surface area (Å²) in [7, 11) is 1.64. The van der Waals surface area contributed by atoms with E-state index in [-0.39, 0.29) is 46.6 Å². The summed E-state index contributed by atoms with van der Waals surface area (Å²) in [6, 6.07) is 16.5. The van der Waals surface area contributed by atoms with E-state index in [4.69, 9.17) is 4.98 Å². The number of aliphatic hydroxyl groups is 2. The number of aromatic nitrogens is 4. The van der Waals surface area contributed by atoms with Gasteiger partial charge >= 0.3 is 0 Å². The van der Waals surface area contributed by atoms with Crippen LogP contribution in [0.15, 0.2) is 78.4 Å². The second kappa shape index (κ2) is 19.1. The number of piperazine rings is 1. The fourth-order valence-corrected chi connectivity index (χ4v) is 12.8. The number of nitrogens with one attached hydrogen (secondary N) is 2. The summed E-state index contributed by atoms with van der Waals surface area (Å²) in [5.74, 6) is -0.00354. The van der Waals surface area contributed by atoms with Gasteiger partial charge in [0, 0.05) is 124 Å². The van der Waals surface area contributed by atoms with E-state index in [2.05, 4.69) is 74.4 Å². The molecule has 2 aliphatic carbocycles. The molecule has 7 heterocycles. The Morgan fingerprint density at radius 2 is 1.65 bits per heavy atom. The molecule has 4 N–H and O–H groups in total. The number of carbonyl (C=O) groups is 3. The van der Waals surface area contributed by atoms with Gasteiger partial charge in [0.05, 0.1) is 29.3 Å². The summed E-state index contributed by atoms with van der Waals surface area (Å²) in [6.45, 7) is 17.9. The maximum Gasteiger partial charge on any atom is 0.293 e. The van der Waals surface area contributed by atoms with Crippen LogP contribution in [0.4, 0.5) is 34.4 Å². The van der Waals surface area contributed by atoms with E-state index in [1.54, 1.807) is 30.4 Å². The van der Waals surface area contributed by atoms with Crippen molar-refractivity contribution in [3.05, 3.63) is 118 Å². The van der Waals surface area contributed by atoms with Crippen molar-refractivity contribution in [2.75, 3.05) is 64.6 Å². The normalized spacial score (nSPS) is 23.0. The molecule has 1 saturated carbocycles. The van der Waals surface area contributed by atoms with Crippen molar-refractivity contribution in [3.63, 3.8) is 0 Å². The number of hydrogen-bond donors (Lipinski definition) is 4.